The van der Waals surface area contributed by atoms with Gasteiger partial charge in [0.15, 0.2) is 0 Å². The molecule has 4 nitrogen and oxygen atoms in total. The smallest absolute Gasteiger partial charge is 0.0725 e. The average molecular weight is 239 g/mol. The van der Waals surface area contributed by atoms with Crippen molar-refractivity contribution in [1.29, 1.82) is 0 Å². The normalized spacial score (nSPS) is 14.9. The summed E-state index contributed by atoms with van der Waals surface area (Å²) in [6.45, 7) is 7.28. The molecule has 0 aliphatic rings. The van der Waals surface area contributed by atoms with Crippen LogP contribution in [0.2, 0.25) is 0 Å². The van der Waals surface area contributed by atoms with Gasteiger partial charge in [0.25, 0.3) is 0 Å². The molecular formula is C13H25N3O. The van der Waals surface area contributed by atoms with Crippen molar-refractivity contribution in [3.05, 3.63) is 17.5 Å². The number of methoxy groups -OCH3 is 1. The van der Waals surface area contributed by atoms with Gasteiger partial charge >= 0.3 is 0 Å². The molecule has 1 heterocycles. The van der Waals surface area contributed by atoms with Crippen molar-refractivity contribution in [2.45, 2.75) is 45.8 Å². The molecular weight excluding hydrogens is 214 g/mol. The topological polar surface area (TPSA) is 39.1 Å². The van der Waals surface area contributed by atoms with E-state index in [2.05, 4.69) is 30.3 Å². The number of ether oxygens (including phenoxy) is 1. The molecule has 1 aromatic rings. The van der Waals surface area contributed by atoms with Crippen molar-refractivity contribution in [2.75, 3.05) is 13.7 Å². The van der Waals surface area contributed by atoms with E-state index < -0.39 is 0 Å². The lowest BCUT2D eigenvalue weighted by Crippen LogP contribution is -2.42. The monoisotopic (exact) mass is 239 g/mol. The minimum atomic E-state index is 0.255. The lowest BCUT2D eigenvalue weighted by molar-refractivity contribution is 0.0653. The fourth-order valence-electron chi connectivity index (χ4n) is 2.29. The van der Waals surface area contributed by atoms with Crippen LogP contribution >= 0.6 is 0 Å². The molecule has 2 unspecified atom stereocenters. The molecule has 0 aliphatic heterocycles. The Morgan fingerprint density at radius 3 is 2.59 bits per heavy atom. The molecule has 17 heavy (non-hydrogen) atoms. The zero-order valence-electron chi connectivity index (χ0n) is 11.7. The van der Waals surface area contributed by atoms with Crippen molar-refractivity contribution >= 4 is 0 Å². The van der Waals surface area contributed by atoms with Crippen molar-refractivity contribution in [3.63, 3.8) is 0 Å². The summed E-state index contributed by atoms with van der Waals surface area (Å²) in [6.07, 6.45) is 2.23. The predicted molar refractivity (Wildman–Crippen MR) is 70.2 cm³/mol. The maximum Gasteiger partial charge on any atom is 0.0725 e. The second-order valence-corrected chi connectivity index (χ2v) is 4.45. The maximum atomic E-state index is 5.54. The van der Waals surface area contributed by atoms with Crippen LogP contribution in [0, 0.1) is 6.92 Å². The first-order valence-electron chi connectivity index (χ1n) is 6.38. The number of hydrogen-bond donors (Lipinski definition) is 1. The third-order valence-corrected chi connectivity index (χ3v) is 3.15. The van der Waals surface area contributed by atoms with Crippen LogP contribution in [0.4, 0.5) is 0 Å². The summed E-state index contributed by atoms with van der Waals surface area (Å²) >= 11 is 0. The van der Waals surface area contributed by atoms with E-state index in [0.29, 0.717) is 6.04 Å². The van der Waals surface area contributed by atoms with Crippen molar-refractivity contribution in [2.24, 2.45) is 7.05 Å². The van der Waals surface area contributed by atoms with Crippen molar-refractivity contribution in [1.82, 2.24) is 15.1 Å². The van der Waals surface area contributed by atoms with Gasteiger partial charge in [-0.2, -0.15) is 5.10 Å². The van der Waals surface area contributed by atoms with E-state index in [1.807, 2.05) is 18.7 Å². The largest absolute Gasteiger partial charge is 0.380 e. The minimum Gasteiger partial charge on any atom is -0.380 e. The van der Waals surface area contributed by atoms with Gasteiger partial charge < -0.3 is 10.1 Å². The second kappa shape index (κ2) is 6.77. The van der Waals surface area contributed by atoms with Gasteiger partial charge in [0.1, 0.15) is 0 Å². The molecule has 0 saturated carbocycles. The number of likely N-dealkylation sites (N-methyl/N-ethyl adjacent to an activating group) is 1. The quantitative estimate of drug-likeness (QED) is 0.787. The molecule has 0 saturated heterocycles. The number of hydrogen-bond acceptors (Lipinski definition) is 3. The van der Waals surface area contributed by atoms with Gasteiger partial charge in [-0.25, -0.2) is 0 Å². The van der Waals surface area contributed by atoms with Crippen LogP contribution in [0.15, 0.2) is 6.07 Å². The highest BCUT2D eigenvalue weighted by Crippen LogP contribution is 2.11. The summed E-state index contributed by atoms with van der Waals surface area (Å²) in [5.74, 6) is 0. The molecule has 1 N–H and O–H groups in total. The molecule has 0 radical (unpaired) electrons. The zero-order valence-corrected chi connectivity index (χ0v) is 11.7. The first-order chi connectivity index (χ1) is 8.12. The lowest BCUT2D eigenvalue weighted by Gasteiger charge is -2.25. The summed E-state index contributed by atoms with van der Waals surface area (Å²) in [5.41, 5.74) is 2.33. The molecule has 98 valence electrons. The van der Waals surface area contributed by atoms with Gasteiger partial charge in [0.05, 0.1) is 11.8 Å². The Balaban J connectivity index is 2.75. The summed E-state index contributed by atoms with van der Waals surface area (Å²) in [5, 5.41) is 7.89. The van der Waals surface area contributed by atoms with Crippen LogP contribution in [-0.2, 0) is 18.2 Å². The summed E-state index contributed by atoms with van der Waals surface area (Å²) in [6, 6.07) is 2.50. The van der Waals surface area contributed by atoms with Gasteiger partial charge in [0.2, 0.25) is 0 Å². The zero-order chi connectivity index (χ0) is 12.8. The van der Waals surface area contributed by atoms with E-state index in [9.17, 15) is 0 Å². The van der Waals surface area contributed by atoms with Crippen LogP contribution in [0.5, 0.6) is 0 Å². The molecule has 0 aliphatic carbocycles. The van der Waals surface area contributed by atoms with Crippen molar-refractivity contribution < 1.29 is 4.74 Å². The van der Waals surface area contributed by atoms with E-state index in [-0.39, 0.29) is 6.10 Å². The van der Waals surface area contributed by atoms with E-state index >= 15 is 0 Å². The SMILES string of the molecule is CCNC(Cc1cc(C)nn1C)C(CC)OC. The standard InChI is InChI=1S/C13H25N3O/c1-6-13(17-5)12(14-7-2)9-11-8-10(3)15-16(11)4/h8,12-14H,6-7,9H2,1-5H3. The highest BCUT2D eigenvalue weighted by atomic mass is 16.5. The Bertz CT molecular complexity index is 331. The third-order valence-electron chi connectivity index (χ3n) is 3.15. The van der Waals surface area contributed by atoms with Crippen molar-refractivity contribution in [3.8, 4) is 0 Å². The summed E-state index contributed by atoms with van der Waals surface area (Å²) in [4.78, 5) is 0. The van der Waals surface area contributed by atoms with Crippen LogP contribution < -0.4 is 5.32 Å². The molecule has 0 amide bonds. The van der Waals surface area contributed by atoms with E-state index in [0.717, 1.165) is 25.1 Å². The Kier molecular flexibility index (Phi) is 5.65. The highest BCUT2D eigenvalue weighted by Gasteiger charge is 2.20. The summed E-state index contributed by atoms with van der Waals surface area (Å²) < 4.78 is 7.50. The molecule has 0 spiro atoms. The highest BCUT2D eigenvalue weighted by molar-refractivity contribution is 5.10. The van der Waals surface area contributed by atoms with Gasteiger partial charge in [0, 0.05) is 32.3 Å². The number of nitrogens with one attached hydrogen (secondary N) is 1. The third kappa shape index (κ3) is 3.82. The fraction of sp³-hybridized carbons (Fsp3) is 0.769. The Hall–Kier alpha value is -0.870. The van der Waals surface area contributed by atoms with E-state index in [4.69, 9.17) is 4.74 Å². The molecule has 0 aromatic carbocycles. The van der Waals surface area contributed by atoms with Crippen LogP contribution in [0.1, 0.15) is 31.7 Å². The molecule has 0 fully saturated rings. The molecule has 0 bridgehead atoms. The number of nitrogens with zero attached hydrogens (tertiary/aromatic N) is 2. The van der Waals surface area contributed by atoms with Crippen LogP contribution in [0.3, 0.4) is 0 Å². The van der Waals surface area contributed by atoms with Gasteiger partial charge in [-0.3, -0.25) is 4.68 Å². The predicted octanol–water partition coefficient (Wildman–Crippen LogP) is 1.67. The van der Waals surface area contributed by atoms with Crippen LogP contribution in [0.25, 0.3) is 0 Å². The first-order valence-corrected chi connectivity index (χ1v) is 6.38. The van der Waals surface area contributed by atoms with Gasteiger partial charge in [-0.15, -0.1) is 0 Å². The Morgan fingerprint density at radius 2 is 2.18 bits per heavy atom. The second-order valence-electron chi connectivity index (χ2n) is 4.45. The van der Waals surface area contributed by atoms with Gasteiger partial charge in [-0.05, 0) is 26.0 Å². The molecule has 2 atom stereocenters. The fourth-order valence-corrected chi connectivity index (χ4v) is 2.29. The average Bonchev–Trinajstić information content (AvgIpc) is 2.59. The summed E-state index contributed by atoms with van der Waals surface area (Å²) in [7, 11) is 3.78. The van der Waals surface area contributed by atoms with Crippen LogP contribution in [-0.4, -0.2) is 35.6 Å². The maximum absolute atomic E-state index is 5.54. The Labute approximate surface area is 104 Å². The van der Waals surface area contributed by atoms with E-state index in [1.54, 1.807) is 7.11 Å². The number of aryl methyl sites for hydroxylation is 2. The van der Waals surface area contributed by atoms with E-state index in [1.165, 1.54) is 5.69 Å². The number of rotatable bonds is 7. The first kappa shape index (κ1) is 14.2. The molecule has 1 aromatic heterocycles. The minimum absolute atomic E-state index is 0.255. The Morgan fingerprint density at radius 1 is 1.47 bits per heavy atom. The lowest BCUT2D eigenvalue weighted by atomic mass is 10.0. The molecule has 1 rings (SSSR count). The molecule has 4 heteroatoms. The van der Waals surface area contributed by atoms with Gasteiger partial charge in [-0.1, -0.05) is 13.8 Å². The number of aromatic nitrogens is 2.